The van der Waals surface area contributed by atoms with Crippen molar-refractivity contribution in [3.8, 4) is 0 Å². The van der Waals surface area contributed by atoms with Crippen molar-refractivity contribution in [3.63, 3.8) is 0 Å². The van der Waals surface area contributed by atoms with E-state index in [1.165, 1.54) is 32.2 Å². The molecule has 138 valence electrons. The summed E-state index contributed by atoms with van der Waals surface area (Å²) in [6.07, 6.45) is 7.16. The van der Waals surface area contributed by atoms with E-state index in [1.54, 1.807) is 0 Å². The zero-order valence-corrected chi connectivity index (χ0v) is 15.0. The average Bonchev–Trinajstić information content (AvgIpc) is 3.28. The lowest BCUT2D eigenvalue weighted by atomic mass is 10.1. The third kappa shape index (κ3) is 5.72. The van der Waals surface area contributed by atoms with Gasteiger partial charge in [-0.25, -0.2) is 4.79 Å². The average molecular weight is 345 g/mol. The van der Waals surface area contributed by atoms with Crippen LogP contribution in [-0.4, -0.2) is 54.4 Å². The molecule has 3 rings (SSSR count). The van der Waals surface area contributed by atoms with Gasteiger partial charge < -0.3 is 20.6 Å². The van der Waals surface area contributed by atoms with E-state index in [-0.39, 0.29) is 24.7 Å². The molecule has 0 bridgehead atoms. The van der Waals surface area contributed by atoms with Crippen LogP contribution in [0.5, 0.6) is 0 Å². The Morgan fingerprint density at radius 2 is 1.96 bits per heavy atom. The Bertz CT molecular complexity index is 531. The molecule has 1 aliphatic carbocycles. The number of amides is 2. The topological polar surface area (TPSA) is 64.6 Å². The van der Waals surface area contributed by atoms with Crippen molar-refractivity contribution in [3.05, 3.63) is 35.9 Å². The molecule has 2 aliphatic rings. The Morgan fingerprint density at radius 3 is 2.68 bits per heavy atom. The third-order valence-electron chi connectivity index (χ3n) is 5.48. The van der Waals surface area contributed by atoms with Gasteiger partial charge in [-0.15, -0.1) is 0 Å². The molecular formula is C20H31N3O2. The van der Waals surface area contributed by atoms with Crippen LogP contribution in [0.2, 0.25) is 0 Å². The minimum atomic E-state index is -0.251. The van der Waals surface area contributed by atoms with Gasteiger partial charge in [0.05, 0.1) is 12.6 Å². The van der Waals surface area contributed by atoms with E-state index < -0.39 is 0 Å². The number of carbonyl (C=O) groups excluding carboxylic acids is 1. The van der Waals surface area contributed by atoms with Gasteiger partial charge in [-0.1, -0.05) is 43.2 Å². The van der Waals surface area contributed by atoms with Gasteiger partial charge in [0, 0.05) is 25.7 Å². The van der Waals surface area contributed by atoms with E-state index in [0.717, 1.165) is 31.0 Å². The zero-order chi connectivity index (χ0) is 17.5. The first-order chi connectivity index (χ1) is 12.2. The molecule has 0 radical (unpaired) electrons. The molecule has 1 aliphatic heterocycles. The number of aliphatic hydroxyl groups is 1. The summed E-state index contributed by atoms with van der Waals surface area (Å²) in [6, 6.07) is 9.75. The SMILES string of the molecule is O=C(NC(CO)Cc1ccccc1)NC1CCN(CC2CCCC2)C1. The van der Waals surface area contributed by atoms with Crippen LogP contribution < -0.4 is 10.6 Å². The van der Waals surface area contributed by atoms with Crippen LogP contribution in [0.1, 0.15) is 37.7 Å². The van der Waals surface area contributed by atoms with Gasteiger partial charge in [0.2, 0.25) is 0 Å². The summed E-state index contributed by atoms with van der Waals surface area (Å²) < 4.78 is 0. The zero-order valence-electron chi connectivity index (χ0n) is 15.0. The van der Waals surface area contributed by atoms with Gasteiger partial charge in [0.1, 0.15) is 0 Å². The highest BCUT2D eigenvalue weighted by atomic mass is 16.3. The van der Waals surface area contributed by atoms with E-state index >= 15 is 0 Å². The fourth-order valence-corrected chi connectivity index (χ4v) is 4.15. The van der Waals surface area contributed by atoms with Crippen LogP contribution in [0, 0.1) is 5.92 Å². The van der Waals surface area contributed by atoms with E-state index in [9.17, 15) is 9.90 Å². The lowest BCUT2D eigenvalue weighted by molar-refractivity contribution is 0.212. The van der Waals surface area contributed by atoms with Crippen LogP contribution >= 0.6 is 0 Å². The van der Waals surface area contributed by atoms with E-state index in [4.69, 9.17) is 0 Å². The van der Waals surface area contributed by atoms with Crippen molar-refractivity contribution >= 4 is 6.03 Å². The Morgan fingerprint density at radius 1 is 1.20 bits per heavy atom. The minimum Gasteiger partial charge on any atom is -0.394 e. The number of benzene rings is 1. The second-order valence-electron chi connectivity index (χ2n) is 7.58. The molecule has 1 heterocycles. The largest absolute Gasteiger partial charge is 0.394 e. The molecule has 2 amide bonds. The molecule has 2 unspecified atom stereocenters. The standard InChI is InChI=1S/C20H31N3O2/c24-15-19(12-16-6-2-1-3-7-16)22-20(25)21-18-10-11-23(14-18)13-17-8-4-5-9-17/h1-3,6-7,17-19,24H,4-5,8-15H2,(H2,21,22,25). The highest BCUT2D eigenvalue weighted by Crippen LogP contribution is 2.26. The normalized spacial score (nSPS) is 22.8. The monoisotopic (exact) mass is 345 g/mol. The summed E-state index contributed by atoms with van der Waals surface area (Å²) in [5, 5.41) is 15.5. The number of rotatable bonds is 7. The molecule has 0 aromatic heterocycles. The number of urea groups is 1. The quantitative estimate of drug-likeness (QED) is 0.709. The van der Waals surface area contributed by atoms with Crippen molar-refractivity contribution in [2.75, 3.05) is 26.2 Å². The molecule has 3 N–H and O–H groups in total. The van der Waals surface area contributed by atoms with Crippen molar-refractivity contribution in [1.29, 1.82) is 0 Å². The molecule has 2 atom stereocenters. The second kappa shape index (κ2) is 9.20. The number of hydrogen-bond acceptors (Lipinski definition) is 3. The van der Waals surface area contributed by atoms with Gasteiger partial charge in [-0.2, -0.15) is 0 Å². The van der Waals surface area contributed by atoms with Crippen molar-refractivity contribution < 1.29 is 9.90 Å². The molecule has 2 fully saturated rings. The molecule has 1 aromatic rings. The van der Waals surface area contributed by atoms with Gasteiger partial charge >= 0.3 is 6.03 Å². The smallest absolute Gasteiger partial charge is 0.315 e. The van der Waals surface area contributed by atoms with Crippen LogP contribution in [0.3, 0.4) is 0 Å². The summed E-state index contributed by atoms with van der Waals surface area (Å²) in [5.41, 5.74) is 1.12. The van der Waals surface area contributed by atoms with Crippen LogP contribution in [0.25, 0.3) is 0 Å². The first-order valence-electron chi connectivity index (χ1n) is 9.67. The molecule has 0 spiro atoms. The molecule has 5 nitrogen and oxygen atoms in total. The summed E-state index contributed by atoms with van der Waals surface area (Å²) in [5.74, 6) is 0.859. The molecular weight excluding hydrogens is 314 g/mol. The number of likely N-dealkylation sites (tertiary alicyclic amines) is 1. The lowest BCUT2D eigenvalue weighted by Gasteiger charge is -2.21. The Labute approximate surface area is 150 Å². The van der Waals surface area contributed by atoms with E-state index in [0.29, 0.717) is 6.42 Å². The molecule has 1 saturated heterocycles. The first kappa shape index (κ1) is 18.2. The predicted molar refractivity (Wildman–Crippen MR) is 99.5 cm³/mol. The van der Waals surface area contributed by atoms with Gasteiger partial charge in [0.25, 0.3) is 0 Å². The van der Waals surface area contributed by atoms with Gasteiger partial charge in [-0.3, -0.25) is 0 Å². The number of aliphatic hydroxyl groups excluding tert-OH is 1. The van der Waals surface area contributed by atoms with Crippen molar-refractivity contribution in [1.82, 2.24) is 15.5 Å². The van der Waals surface area contributed by atoms with Crippen LogP contribution in [-0.2, 0) is 6.42 Å². The summed E-state index contributed by atoms with van der Waals surface area (Å²) >= 11 is 0. The fraction of sp³-hybridized carbons (Fsp3) is 0.650. The van der Waals surface area contributed by atoms with E-state index in [1.807, 2.05) is 30.3 Å². The summed E-state index contributed by atoms with van der Waals surface area (Å²) in [4.78, 5) is 14.8. The summed E-state index contributed by atoms with van der Waals surface area (Å²) in [7, 11) is 0. The first-order valence-corrected chi connectivity index (χ1v) is 9.67. The number of nitrogens with zero attached hydrogens (tertiary/aromatic N) is 1. The van der Waals surface area contributed by atoms with Crippen LogP contribution in [0.15, 0.2) is 30.3 Å². The molecule has 1 aromatic carbocycles. The maximum atomic E-state index is 12.3. The number of hydrogen-bond donors (Lipinski definition) is 3. The highest BCUT2D eigenvalue weighted by molar-refractivity contribution is 5.74. The minimum absolute atomic E-state index is 0.0548. The van der Waals surface area contributed by atoms with E-state index in [2.05, 4.69) is 15.5 Å². The van der Waals surface area contributed by atoms with Gasteiger partial charge in [0.15, 0.2) is 0 Å². The van der Waals surface area contributed by atoms with Crippen LogP contribution in [0.4, 0.5) is 4.79 Å². The Hall–Kier alpha value is -1.59. The number of carbonyl (C=O) groups is 1. The molecule has 25 heavy (non-hydrogen) atoms. The maximum absolute atomic E-state index is 12.3. The lowest BCUT2D eigenvalue weighted by Crippen LogP contribution is -2.49. The van der Waals surface area contributed by atoms with Gasteiger partial charge in [-0.05, 0) is 37.2 Å². The number of nitrogens with one attached hydrogen (secondary N) is 2. The Kier molecular flexibility index (Phi) is 6.70. The highest BCUT2D eigenvalue weighted by Gasteiger charge is 2.27. The molecule has 5 heteroatoms. The maximum Gasteiger partial charge on any atom is 0.315 e. The van der Waals surface area contributed by atoms with Crippen molar-refractivity contribution in [2.24, 2.45) is 5.92 Å². The Balaban J connectivity index is 1.39. The third-order valence-corrected chi connectivity index (χ3v) is 5.48. The molecule has 1 saturated carbocycles. The predicted octanol–water partition coefficient (Wildman–Crippen LogP) is 2.15. The summed E-state index contributed by atoms with van der Waals surface area (Å²) in [6.45, 7) is 3.16. The second-order valence-corrected chi connectivity index (χ2v) is 7.58. The van der Waals surface area contributed by atoms with Crippen molar-refractivity contribution in [2.45, 2.75) is 50.6 Å². The fourth-order valence-electron chi connectivity index (χ4n) is 4.15.